The summed E-state index contributed by atoms with van der Waals surface area (Å²) >= 11 is 0. The van der Waals surface area contributed by atoms with Crippen LogP contribution in [0.2, 0.25) is 0 Å². The topological polar surface area (TPSA) is 47.3 Å². The van der Waals surface area contributed by atoms with Crippen molar-refractivity contribution < 1.29 is 4.79 Å². The maximum atomic E-state index is 12.1. The van der Waals surface area contributed by atoms with Gasteiger partial charge < -0.3 is 9.80 Å². The van der Waals surface area contributed by atoms with Gasteiger partial charge in [0.05, 0.1) is 12.0 Å². The number of carbonyl (C=O) groups excluding carboxylic acids is 1. The average molecular weight is 247 g/mol. The molecule has 1 saturated heterocycles. The van der Waals surface area contributed by atoms with Gasteiger partial charge in [0.15, 0.2) is 0 Å². The molecule has 0 atom stereocenters. The molecule has 0 aliphatic carbocycles. The van der Waals surface area contributed by atoms with Crippen molar-refractivity contribution in [1.29, 1.82) is 5.26 Å². The van der Waals surface area contributed by atoms with Crippen LogP contribution in [-0.4, -0.2) is 42.0 Å². The Morgan fingerprint density at radius 3 is 2.50 bits per heavy atom. The number of urea groups is 1. The van der Waals surface area contributed by atoms with Crippen molar-refractivity contribution >= 4 is 6.03 Å². The van der Waals surface area contributed by atoms with E-state index < -0.39 is 0 Å². The van der Waals surface area contributed by atoms with E-state index in [0.717, 1.165) is 13.0 Å². The van der Waals surface area contributed by atoms with Gasteiger partial charge in [-0.05, 0) is 11.8 Å². The molecule has 0 N–H and O–H groups in total. The summed E-state index contributed by atoms with van der Waals surface area (Å²) in [5.41, 5.74) is 1.64. The molecule has 0 saturated carbocycles. The molecule has 1 fully saturated rings. The molecule has 0 aromatic carbocycles. The van der Waals surface area contributed by atoms with Crippen LogP contribution in [0.1, 0.15) is 27.2 Å². The lowest BCUT2D eigenvalue weighted by Gasteiger charge is -2.40. The molecule has 18 heavy (non-hydrogen) atoms. The summed E-state index contributed by atoms with van der Waals surface area (Å²) in [6, 6.07) is 2.28. The Hall–Kier alpha value is -1.50. The number of hydrogen-bond donors (Lipinski definition) is 0. The fourth-order valence-corrected chi connectivity index (χ4v) is 2.44. The largest absolute Gasteiger partial charge is 0.322 e. The summed E-state index contributed by atoms with van der Waals surface area (Å²) < 4.78 is 0. The molecule has 0 bridgehead atoms. The second kappa shape index (κ2) is 4.64. The van der Waals surface area contributed by atoms with Gasteiger partial charge in [-0.15, -0.1) is 0 Å². The third kappa shape index (κ3) is 2.50. The highest BCUT2D eigenvalue weighted by Crippen LogP contribution is 2.30. The van der Waals surface area contributed by atoms with Crippen LogP contribution in [0.15, 0.2) is 11.6 Å². The first-order valence-corrected chi connectivity index (χ1v) is 6.55. The summed E-state index contributed by atoms with van der Waals surface area (Å²) in [4.78, 5) is 15.8. The summed E-state index contributed by atoms with van der Waals surface area (Å²) in [7, 11) is 0. The Labute approximate surface area is 109 Å². The first kappa shape index (κ1) is 12.9. The number of nitrogens with zero attached hydrogens (tertiary/aromatic N) is 3. The molecule has 0 aromatic rings. The molecule has 0 spiro atoms. The highest BCUT2D eigenvalue weighted by atomic mass is 16.2. The minimum absolute atomic E-state index is 0.0411. The zero-order chi connectivity index (χ0) is 13.3. The van der Waals surface area contributed by atoms with E-state index in [1.54, 1.807) is 4.90 Å². The minimum Gasteiger partial charge on any atom is -0.322 e. The summed E-state index contributed by atoms with van der Waals surface area (Å²) in [6.45, 7) is 9.34. The van der Waals surface area contributed by atoms with E-state index in [1.807, 2.05) is 4.90 Å². The normalized spacial score (nSPS) is 21.1. The quantitative estimate of drug-likeness (QED) is 0.616. The zero-order valence-corrected chi connectivity index (χ0v) is 11.4. The van der Waals surface area contributed by atoms with Gasteiger partial charge in [-0.25, -0.2) is 4.79 Å². The third-order valence-electron chi connectivity index (χ3n) is 3.78. The fraction of sp³-hybridized carbons (Fsp3) is 0.714. The van der Waals surface area contributed by atoms with Crippen LogP contribution < -0.4 is 0 Å². The van der Waals surface area contributed by atoms with Gasteiger partial charge in [0, 0.05) is 26.2 Å². The smallest absolute Gasteiger partial charge is 0.320 e. The predicted molar refractivity (Wildman–Crippen MR) is 69.8 cm³/mol. The second-order valence-electron chi connectivity index (χ2n) is 6.19. The molecular weight excluding hydrogens is 226 g/mol. The second-order valence-corrected chi connectivity index (χ2v) is 6.19. The number of likely N-dealkylation sites (tertiary alicyclic amines) is 1. The average Bonchev–Trinajstić information content (AvgIpc) is 2.26. The maximum absolute atomic E-state index is 12.1. The first-order chi connectivity index (χ1) is 8.41. The van der Waals surface area contributed by atoms with E-state index in [-0.39, 0.29) is 17.4 Å². The molecule has 2 aliphatic rings. The van der Waals surface area contributed by atoms with Gasteiger partial charge in [-0.2, -0.15) is 5.26 Å². The Bertz CT molecular complexity index is 408. The van der Waals surface area contributed by atoms with Crippen LogP contribution in [0.5, 0.6) is 0 Å². The van der Waals surface area contributed by atoms with Crippen molar-refractivity contribution in [1.82, 2.24) is 9.80 Å². The zero-order valence-electron chi connectivity index (χ0n) is 11.4. The molecule has 2 aliphatic heterocycles. The number of hydrogen-bond acceptors (Lipinski definition) is 2. The van der Waals surface area contributed by atoms with Crippen LogP contribution in [0.3, 0.4) is 0 Å². The lowest BCUT2D eigenvalue weighted by atomic mass is 9.83. The molecule has 2 heterocycles. The fourth-order valence-electron chi connectivity index (χ4n) is 2.44. The van der Waals surface area contributed by atoms with Crippen LogP contribution >= 0.6 is 0 Å². The molecule has 2 amide bonds. The molecule has 0 aromatic heterocycles. The highest BCUT2D eigenvalue weighted by molar-refractivity contribution is 5.76. The van der Waals surface area contributed by atoms with E-state index in [4.69, 9.17) is 5.26 Å². The lowest BCUT2D eigenvalue weighted by Crippen LogP contribution is -2.55. The van der Waals surface area contributed by atoms with Crippen molar-refractivity contribution in [2.75, 3.05) is 26.2 Å². The monoisotopic (exact) mass is 247 g/mol. The molecule has 98 valence electrons. The number of carbonyl (C=O) groups is 1. The summed E-state index contributed by atoms with van der Waals surface area (Å²) in [6.07, 6.45) is 3.15. The Balaban J connectivity index is 1.89. The van der Waals surface area contributed by atoms with Gasteiger partial charge in [0.1, 0.15) is 0 Å². The van der Waals surface area contributed by atoms with Crippen LogP contribution in [0, 0.1) is 22.7 Å². The van der Waals surface area contributed by atoms with E-state index in [2.05, 4.69) is 32.9 Å². The van der Waals surface area contributed by atoms with E-state index in [1.165, 1.54) is 5.57 Å². The van der Waals surface area contributed by atoms with E-state index >= 15 is 0 Å². The number of rotatable bonds is 0. The van der Waals surface area contributed by atoms with Gasteiger partial charge in [0.2, 0.25) is 0 Å². The van der Waals surface area contributed by atoms with Crippen molar-refractivity contribution in [2.24, 2.45) is 11.3 Å². The van der Waals surface area contributed by atoms with E-state index in [9.17, 15) is 4.79 Å². The highest BCUT2D eigenvalue weighted by Gasteiger charge is 2.34. The van der Waals surface area contributed by atoms with Crippen LogP contribution in [-0.2, 0) is 0 Å². The van der Waals surface area contributed by atoms with Gasteiger partial charge in [0.25, 0.3) is 0 Å². The standard InChI is InChI=1S/C14H21N3O/c1-14(2,3)12-4-6-16(7-5-12)13(18)17-9-11(8-15)10-17/h4,11H,5-7,9-10H2,1-3H3. The van der Waals surface area contributed by atoms with Crippen molar-refractivity contribution in [2.45, 2.75) is 27.2 Å². The predicted octanol–water partition coefficient (Wildman–Crippen LogP) is 2.24. The maximum Gasteiger partial charge on any atom is 0.320 e. The Morgan fingerprint density at radius 1 is 1.39 bits per heavy atom. The molecular formula is C14H21N3O. The summed E-state index contributed by atoms with van der Waals surface area (Å²) in [5, 5.41) is 8.71. The first-order valence-electron chi connectivity index (χ1n) is 6.55. The Kier molecular flexibility index (Phi) is 3.34. The number of nitriles is 1. The third-order valence-corrected chi connectivity index (χ3v) is 3.78. The van der Waals surface area contributed by atoms with Crippen molar-refractivity contribution in [3.63, 3.8) is 0 Å². The molecule has 0 unspecified atom stereocenters. The van der Waals surface area contributed by atoms with Crippen LogP contribution in [0.4, 0.5) is 4.79 Å². The SMILES string of the molecule is CC(C)(C)C1=CCN(C(=O)N2CC(C#N)C2)CC1. The van der Waals surface area contributed by atoms with Crippen molar-refractivity contribution in [3.8, 4) is 6.07 Å². The van der Waals surface area contributed by atoms with Crippen LogP contribution in [0.25, 0.3) is 0 Å². The van der Waals surface area contributed by atoms with Gasteiger partial charge in [-0.3, -0.25) is 0 Å². The van der Waals surface area contributed by atoms with Gasteiger partial charge >= 0.3 is 6.03 Å². The molecule has 4 nitrogen and oxygen atoms in total. The summed E-state index contributed by atoms with van der Waals surface area (Å²) in [5.74, 6) is 0.0411. The minimum atomic E-state index is 0.0411. The lowest BCUT2D eigenvalue weighted by molar-refractivity contribution is 0.110. The molecule has 4 heteroatoms. The number of amides is 2. The Morgan fingerprint density at radius 2 is 2.06 bits per heavy atom. The van der Waals surface area contributed by atoms with E-state index in [0.29, 0.717) is 19.6 Å². The van der Waals surface area contributed by atoms with Crippen molar-refractivity contribution in [3.05, 3.63) is 11.6 Å². The molecule has 0 radical (unpaired) electrons. The van der Waals surface area contributed by atoms with Gasteiger partial charge in [-0.1, -0.05) is 32.4 Å². The molecule has 2 rings (SSSR count).